The number of nitrogens with one attached hydrogen (secondary N) is 1. The van der Waals surface area contributed by atoms with Crippen molar-refractivity contribution < 1.29 is 15.0 Å². The van der Waals surface area contributed by atoms with Gasteiger partial charge in [-0.15, -0.1) is 0 Å². The van der Waals surface area contributed by atoms with Crippen molar-refractivity contribution in [2.24, 2.45) is 0 Å². The molecule has 0 saturated carbocycles. The van der Waals surface area contributed by atoms with Gasteiger partial charge >= 0.3 is 5.97 Å². The van der Waals surface area contributed by atoms with E-state index in [0.717, 1.165) is 19.4 Å². The monoisotopic (exact) mass is 230 g/mol. The van der Waals surface area contributed by atoms with Crippen LogP contribution in [0.4, 0.5) is 0 Å². The number of nitrogens with zero attached hydrogens (tertiary/aromatic N) is 1. The van der Waals surface area contributed by atoms with Gasteiger partial charge in [0, 0.05) is 18.6 Å². The molecule has 0 aromatic heterocycles. The van der Waals surface area contributed by atoms with Crippen molar-refractivity contribution in [2.75, 3.05) is 20.1 Å². The molecule has 0 aromatic carbocycles. The summed E-state index contributed by atoms with van der Waals surface area (Å²) >= 11 is 0. The SMILES string of the molecule is CC1CC(NCC(C)(O)C(=O)O)CCN1C. The summed E-state index contributed by atoms with van der Waals surface area (Å²) < 4.78 is 0. The number of aliphatic hydroxyl groups is 1. The number of piperidine rings is 1. The standard InChI is InChI=1S/C11H22N2O3/c1-8-6-9(4-5-13(8)3)12-7-11(2,16)10(14)15/h8-9,12,16H,4-7H2,1-3H3,(H,14,15). The van der Waals surface area contributed by atoms with E-state index < -0.39 is 11.6 Å². The van der Waals surface area contributed by atoms with Crippen LogP contribution in [-0.4, -0.2) is 58.9 Å². The van der Waals surface area contributed by atoms with Gasteiger partial charge < -0.3 is 20.4 Å². The van der Waals surface area contributed by atoms with E-state index in [1.807, 2.05) is 0 Å². The number of hydrogen-bond acceptors (Lipinski definition) is 4. The summed E-state index contributed by atoms with van der Waals surface area (Å²) in [5.41, 5.74) is -1.67. The Hall–Kier alpha value is -0.650. The topological polar surface area (TPSA) is 72.8 Å². The van der Waals surface area contributed by atoms with Crippen LogP contribution < -0.4 is 5.32 Å². The summed E-state index contributed by atoms with van der Waals surface area (Å²) in [6.07, 6.45) is 1.99. The molecule has 1 heterocycles. The first-order valence-electron chi connectivity index (χ1n) is 5.72. The van der Waals surface area contributed by atoms with Crippen molar-refractivity contribution in [1.29, 1.82) is 0 Å². The van der Waals surface area contributed by atoms with Gasteiger partial charge in [0.2, 0.25) is 0 Å². The lowest BCUT2D eigenvalue weighted by molar-refractivity contribution is -0.156. The summed E-state index contributed by atoms with van der Waals surface area (Å²) in [7, 11) is 2.09. The van der Waals surface area contributed by atoms with Gasteiger partial charge in [0.15, 0.2) is 5.60 Å². The largest absolute Gasteiger partial charge is 0.479 e. The van der Waals surface area contributed by atoms with Crippen molar-refractivity contribution in [1.82, 2.24) is 10.2 Å². The van der Waals surface area contributed by atoms with Gasteiger partial charge in [0.25, 0.3) is 0 Å². The van der Waals surface area contributed by atoms with Crippen molar-refractivity contribution in [3.05, 3.63) is 0 Å². The zero-order valence-corrected chi connectivity index (χ0v) is 10.2. The maximum atomic E-state index is 10.7. The second kappa shape index (κ2) is 5.12. The third kappa shape index (κ3) is 3.43. The molecule has 0 amide bonds. The normalized spacial score (nSPS) is 31.0. The molecular weight excluding hydrogens is 208 g/mol. The molecule has 0 radical (unpaired) electrons. The molecule has 1 fully saturated rings. The van der Waals surface area contributed by atoms with Crippen LogP contribution in [0.3, 0.4) is 0 Å². The predicted molar refractivity (Wildman–Crippen MR) is 61.4 cm³/mol. The van der Waals surface area contributed by atoms with Gasteiger partial charge in [0.05, 0.1) is 0 Å². The number of carboxylic acid groups (broad SMARTS) is 1. The molecule has 5 nitrogen and oxygen atoms in total. The number of rotatable bonds is 4. The Balaban J connectivity index is 2.36. The van der Waals surface area contributed by atoms with Gasteiger partial charge in [-0.1, -0.05) is 0 Å². The molecule has 1 rings (SSSR count). The van der Waals surface area contributed by atoms with E-state index in [0.29, 0.717) is 12.1 Å². The van der Waals surface area contributed by atoms with E-state index in [2.05, 4.69) is 24.2 Å². The number of likely N-dealkylation sites (tertiary alicyclic amines) is 1. The van der Waals surface area contributed by atoms with Crippen LogP contribution in [0.1, 0.15) is 26.7 Å². The van der Waals surface area contributed by atoms with Gasteiger partial charge in [-0.05, 0) is 40.3 Å². The molecule has 3 unspecified atom stereocenters. The number of aliphatic carboxylic acids is 1. The molecule has 0 aromatic rings. The van der Waals surface area contributed by atoms with E-state index in [-0.39, 0.29) is 6.54 Å². The fraction of sp³-hybridized carbons (Fsp3) is 0.909. The van der Waals surface area contributed by atoms with Crippen LogP contribution in [-0.2, 0) is 4.79 Å². The molecule has 0 bridgehead atoms. The van der Waals surface area contributed by atoms with Crippen molar-refractivity contribution in [3.8, 4) is 0 Å². The number of carboxylic acids is 1. The molecule has 94 valence electrons. The van der Waals surface area contributed by atoms with Gasteiger partial charge in [-0.25, -0.2) is 4.79 Å². The average Bonchev–Trinajstić information content (AvgIpc) is 2.20. The van der Waals surface area contributed by atoms with Crippen LogP contribution in [0.2, 0.25) is 0 Å². The van der Waals surface area contributed by atoms with Crippen molar-refractivity contribution >= 4 is 5.97 Å². The molecule has 0 aliphatic carbocycles. The molecular formula is C11H22N2O3. The van der Waals surface area contributed by atoms with E-state index in [1.54, 1.807) is 0 Å². The Kier molecular flexibility index (Phi) is 4.29. The second-order valence-electron chi connectivity index (χ2n) is 5.01. The lowest BCUT2D eigenvalue weighted by Gasteiger charge is -2.36. The molecule has 1 aliphatic heterocycles. The summed E-state index contributed by atoms with van der Waals surface area (Å²) in [5.74, 6) is -1.18. The minimum atomic E-state index is -1.67. The van der Waals surface area contributed by atoms with E-state index in [9.17, 15) is 9.90 Å². The predicted octanol–water partition coefficient (Wildman–Crippen LogP) is -0.106. The lowest BCUT2D eigenvalue weighted by atomic mass is 9.98. The van der Waals surface area contributed by atoms with Gasteiger partial charge in [-0.2, -0.15) is 0 Å². The summed E-state index contributed by atoms with van der Waals surface area (Å²) in [6, 6.07) is 0.804. The smallest absolute Gasteiger partial charge is 0.336 e. The molecule has 16 heavy (non-hydrogen) atoms. The molecule has 3 N–H and O–H groups in total. The van der Waals surface area contributed by atoms with Gasteiger partial charge in [0.1, 0.15) is 0 Å². The third-order valence-electron chi connectivity index (χ3n) is 3.40. The highest BCUT2D eigenvalue weighted by Gasteiger charge is 2.31. The van der Waals surface area contributed by atoms with Crippen molar-refractivity contribution in [2.45, 2.75) is 44.4 Å². The van der Waals surface area contributed by atoms with Crippen LogP contribution >= 0.6 is 0 Å². The highest BCUT2D eigenvalue weighted by Crippen LogP contribution is 2.15. The third-order valence-corrected chi connectivity index (χ3v) is 3.40. The first-order valence-corrected chi connectivity index (χ1v) is 5.72. The zero-order chi connectivity index (χ0) is 12.3. The van der Waals surface area contributed by atoms with E-state index in [4.69, 9.17) is 5.11 Å². The Morgan fingerprint density at radius 3 is 2.75 bits per heavy atom. The quantitative estimate of drug-likeness (QED) is 0.629. The Morgan fingerprint density at radius 1 is 1.62 bits per heavy atom. The number of carbonyl (C=O) groups is 1. The summed E-state index contributed by atoms with van der Waals surface area (Å²) in [4.78, 5) is 13.0. The molecule has 3 atom stereocenters. The molecule has 0 spiro atoms. The fourth-order valence-corrected chi connectivity index (χ4v) is 1.89. The van der Waals surface area contributed by atoms with E-state index in [1.165, 1.54) is 6.92 Å². The first kappa shape index (κ1) is 13.4. The highest BCUT2D eigenvalue weighted by atomic mass is 16.4. The second-order valence-corrected chi connectivity index (χ2v) is 5.01. The minimum Gasteiger partial charge on any atom is -0.479 e. The van der Waals surface area contributed by atoms with Crippen LogP contribution in [0.15, 0.2) is 0 Å². The maximum absolute atomic E-state index is 10.7. The zero-order valence-electron chi connectivity index (χ0n) is 10.2. The maximum Gasteiger partial charge on any atom is 0.336 e. The fourth-order valence-electron chi connectivity index (χ4n) is 1.89. The number of hydrogen-bond donors (Lipinski definition) is 3. The minimum absolute atomic E-state index is 0.101. The van der Waals surface area contributed by atoms with Crippen LogP contribution in [0.5, 0.6) is 0 Å². The summed E-state index contributed by atoms with van der Waals surface area (Å²) in [5, 5.41) is 21.5. The summed E-state index contributed by atoms with van der Waals surface area (Å²) in [6.45, 7) is 4.58. The van der Waals surface area contributed by atoms with Gasteiger partial charge in [-0.3, -0.25) is 0 Å². The lowest BCUT2D eigenvalue weighted by Crippen LogP contribution is -2.51. The van der Waals surface area contributed by atoms with E-state index >= 15 is 0 Å². The Bertz CT molecular complexity index is 256. The Labute approximate surface area is 96.4 Å². The first-order chi connectivity index (χ1) is 7.33. The Morgan fingerprint density at radius 2 is 2.25 bits per heavy atom. The van der Waals surface area contributed by atoms with Crippen LogP contribution in [0.25, 0.3) is 0 Å². The molecule has 1 saturated heterocycles. The molecule has 1 aliphatic rings. The average molecular weight is 230 g/mol. The van der Waals surface area contributed by atoms with Crippen molar-refractivity contribution in [3.63, 3.8) is 0 Å². The van der Waals surface area contributed by atoms with Crippen LogP contribution in [0, 0.1) is 0 Å². The highest BCUT2D eigenvalue weighted by molar-refractivity contribution is 5.76. The molecule has 5 heteroatoms.